The molecular formula is C12H17F3O2. The van der Waals surface area contributed by atoms with Gasteiger partial charge in [-0.25, -0.2) is 4.79 Å². The molecule has 3 atom stereocenters. The summed E-state index contributed by atoms with van der Waals surface area (Å²) in [7, 11) is 0. The zero-order valence-corrected chi connectivity index (χ0v) is 10.0. The van der Waals surface area contributed by atoms with Crippen LogP contribution in [0.4, 0.5) is 13.2 Å². The average molecular weight is 250 g/mol. The van der Waals surface area contributed by atoms with Gasteiger partial charge in [0.25, 0.3) is 0 Å². The highest BCUT2D eigenvalue weighted by Crippen LogP contribution is 2.40. The minimum absolute atomic E-state index is 0.0849. The van der Waals surface area contributed by atoms with E-state index in [0.29, 0.717) is 6.42 Å². The number of alkyl halides is 3. The fourth-order valence-electron chi connectivity index (χ4n) is 2.16. The van der Waals surface area contributed by atoms with Crippen molar-refractivity contribution in [1.29, 1.82) is 0 Å². The van der Waals surface area contributed by atoms with Gasteiger partial charge in [0.1, 0.15) is 6.10 Å². The van der Waals surface area contributed by atoms with E-state index >= 15 is 0 Å². The molecule has 1 aliphatic carbocycles. The van der Waals surface area contributed by atoms with Crippen LogP contribution in [0.15, 0.2) is 12.2 Å². The van der Waals surface area contributed by atoms with E-state index in [1.165, 1.54) is 6.92 Å². The highest BCUT2D eigenvalue weighted by Gasteiger charge is 2.44. The zero-order valence-electron chi connectivity index (χ0n) is 10.0. The van der Waals surface area contributed by atoms with E-state index in [0.717, 1.165) is 0 Å². The van der Waals surface area contributed by atoms with Crippen LogP contribution in [0.2, 0.25) is 0 Å². The van der Waals surface area contributed by atoms with E-state index in [1.807, 2.05) is 0 Å². The molecule has 0 heterocycles. The largest absolute Gasteiger partial charge is 0.459 e. The average Bonchev–Trinajstić information content (AvgIpc) is 2.15. The summed E-state index contributed by atoms with van der Waals surface area (Å²) in [4.78, 5) is 11.3. The Balaban J connectivity index is 2.63. The molecule has 0 bridgehead atoms. The third kappa shape index (κ3) is 4.06. The highest BCUT2D eigenvalue weighted by atomic mass is 19.4. The lowest BCUT2D eigenvalue weighted by Gasteiger charge is -2.33. The third-order valence-electron chi connectivity index (χ3n) is 2.98. The van der Waals surface area contributed by atoms with Gasteiger partial charge in [0.05, 0.1) is 5.92 Å². The molecule has 1 aliphatic rings. The van der Waals surface area contributed by atoms with E-state index in [-0.39, 0.29) is 24.3 Å². The van der Waals surface area contributed by atoms with Gasteiger partial charge in [0, 0.05) is 5.57 Å². The number of esters is 1. The summed E-state index contributed by atoms with van der Waals surface area (Å²) in [5.74, 6) is -2.06. The molecule has 3 unspecified atom stereocenters. The Kier molecular flexibility index (Phi) is 4.22. The lowest BCUT2D eigenvalue weighted by atomic mass is 9.80. The van der Waals surface area contributed by atoms with Crippen LogP contribution in [0.5, 0.6) is 0 Å². The molecule has 1 saturated carbocycles. The van der Waals surface area contributed by atoms with Crippen molar-refractivity contribution in [3.8, 4) is 0 Å². The lowest BCUT2D eigenvalue weighted by Crippen LogP contribution is -2.36. The minimum Gasteiger partial charge on any atom is -0.459 e. The van der Waals surface area contributed by atoms with Gasteiger partial charge in [-0.3, -0.25) is 0 Å². The SMILES string of the molecule is C=C(C)C(=O)OC1CC(C)CC(C(F)(F)F)C1. The number of carbonyl (C=O) groups excluding carboxylic acids is 1. The van der Waals surface area contributed by atoms with Crippen LogP contribution in [0.25, 0.3) is 0 Å². The molecule has 0 aromatic heterocycles. The lowest BCUT2D eigenvalue weighted by molar-refractivity contribution is -0.198. The first-order valence-corrected chi connectivity index (χ1v) is 5.63. The first kappa shape index (κ1) is 14.1. The number of carbonyl (C=O) groups is 1. The van der Waals surface area contributed by atoms with Gasteiger partial charge < -0.3 is 4.74 Å². The zero-order chi connectivity index (χ0) is 13.2. The Hall–Kier alpha value is -1.00. The number of rotatable bonds is 2. The molecule has 0 N–H and O–H groups in total. The molecule has 0 aliphatic heterocycles. The van der Waals surface area contributed by atoms with Crippen molar-refractivity contribution < 1.29 is 22.7 Å². The number of ether oxygens (including phenoxy) is 1. The van der Waals surface area contributed by atoms with Gasteiger partial charge in [0.2, 0.25) is 0 Å². The van der Waals surface area contributed by atoms with Crippen LogP contribution in [0, 0.1) is 11.8 Å². The van der Waals surface area contributed by atoms with Crippen LogP contribution >= 0.6 is 0 Å². The number of halogens is 3. The van der Waals surface area contributed by atoms with Crippen LogP contribution in [-0.4, -0.2) is 18.2 Å². The maximum absolute atomic E-state index is 12.6. The Labute approximate surface area is 98.8 Å². The van der Waals surface area contributed by atoms with Crippen molar-refractivity contribution >= 4 is 5.97 Å². The first-order chi connectivity index (χ1) is 7.70. The molecule has 0 saturated heterocycles. The maximum atomic E-state index is 12.6. The molecule has 0 amide bonds. The molecule has 1 rings (SSSR count). The Morgan fingerprint density at radius 2 is 1.88 bits per heavy atom. The number of hydrogen-bond acceptors (Lipinski definition) is 2. The second kappa shape index (κ2) is 5.10. The van der Waals surface area contributed by atoms with Crippen LogP contribution in [-0.2, 0) is 9.53 Å². The standard InChI is InChI=1S/C12H17F3O2/c1-7(2)11(16)17-10-5-8(3)4-9(6-10)12(13,14)15/h8-10H,1,4-6H2,2-3H3. The van der Waals surface area contributed by atoms with Gasteiger partial charge in [-0.2, -0.15) is 13.2 Å². The normalized spacial score (nSPS) is 29.8. The van der Waals surface area contributed by atoms with Gasteiger partial charge in [0.15, 0.2) is 0 Å². The summed E-state index contributed by atoms with van der Waals surface area (Å²) >= 11 is 0. The van der Waals surface area contributed by atoms with Crippen molar-refractivity contribution in [1.82, 2.24) is 0 Å². The Bertz CT molecular complexity index is 309. The molecule has 2 nitrogen and oxygen atoms in total. The van der Waals surface area contributed by atoms with Crippen LogP contribution in [0.1, 0.15) is 33.1 Å². The summed E-state index contributed by atoms with van der Waals surface area (Å²) in [6.07, 6.45) is -4.37. The second-order valence-electron chi connectivity index (χ2n) is 4.86. The van der Waals surface area contributed by atoms with Gasteiger partial charge in [-0.1, -0.05) is 13.5 Å². The second-order valence-corrected chi connectivity index (χ2v) is 4.86. The van der Waals surface area contributed by atoms with Crippen LogP contribution < -0.4 is 0 Å². The predicted octanol–water partition coefficient (Wildman–Crippen LogP) is 3.47. The van der Waals surface area contributed by atoms with E-state index in [2.05, 4.69) is 6.58 Å². The number of hydrogen-bond donors (Lipinski definition) is 0. The van der Waals surface area contributed by atoms with Crippen molar-refractivity contribution in [3.05, 3.63) is 12.2 Å². The summed E-state index contributed by atoms with van der Waals surface area (Å²) < 4.78 is 42.9. The fourth-order valence-corrected chi connectivity index (χ4v) is 2.16. The molecule has 5 heteroatoms. The highest BCUT2D eigenvalue weighted by molar-refractivity contribution is 5.87. The third-order valence-corrected chi connectivity index (χ3v) is 2.98. The van der Waals surface area contributed by atoms with Crippen LogP contribution in [0.3, 0.4) is 0 Å². The van der Waals surface area contributed by atoms with Crippen molar-refractivity contribution in [3.63, 3.8) is 0 Å². The predicted molar refractivity (Wildman–Crippen MR) is 57.3 cm³/mol. The Morgan fingerprint density at radius 1 is 1.29 bits per heavy atom. The van der Waals surface area contributed by atoms with Gasteiger partial charge in [-0.05, 0) is 32.1 Å². The summed E-state index contributed by atoms with van der Waals surface area (Å²) in [6, 6.07) is 0. The van der Waals surface area contributed by atoms with Gasteiger partial charge >= 0.3 is 12.1 Å². The Morgan fingerprint density at radius 3 is 2.35 bits per heavy atom. The molecule has 0 spiro atoms. The fraction of sp³-hybridized carbons (Fsp3) is 0.750. The van der Waals surface area contributed by atoms with E-state index < -0.39 is 24.2 Å². The minimum atomic E-state index is -4.21. The molecule has 17 heavy (non-hydrogen) atoms. The molecule has 1 fully saturated rings. The molecule has 98 valence electrons. The van der Waals surface area contributed by atoms with Crippen molar-refractivity contribution in [2.45, 2.75) is 45.4 Å². The molecule has 0 aromatic carbocycles. The van der Waals surface area contributed by atoms with Crippen molar-refractivity contribution in [2.75, 3.05) is 0 Å². The summed E-state index contributed by atoms with van der Waals surface area (Å²) in [5, 5.41) is 0. The summed E-state index contributed by atoms with van der Waals surface area (Å²) in [5.41, 5.74) is 0.215. The van der Waals surface area contributed by atoms with Gasteiger partial charge in [-0.15, -0.1) is 0 Å². The quantitative estimate of drug-likeness (QED) is 0.554. The van der Waals surface area contributed by atoms with Crippen molar-refractivity contribution in [2.24, 2.45) is 11.8 Å². The smallest absolute Gasteiger partial charge is 0.391 e. The monoisotopic (exact) mass is 250 g/mol. The van der Waals surface area contributed by atoms with E-state index in [1.54, 1.807) is 6.92 Å². The molecule has 0 radical (unpaired) electrons. The summed E-state index contributed by atoms with van der Waals surface area (Å²) in [6.45, 7) is 6.64. The molecule has 0 aromatic rings. The van der Waals surface area contributed by atoms with E-state index in [9.17, 15) is 18.0 Å². The molecular weight excluding hydrogens is 233 g/mol. The first-order valence-electron chi connectivity index (χ1n) is 5.63. The topological polar surface area (TPSA) is 26.3 Å². The van der Waals surface area contributed by atoms with E-state index in [4.69, 9.17) is 4.74 Å². The maximum Gasteiger partial charge on any atom is 0.391 e.